The molecule has 1 aliphatic heterocycles. The van der Waals surface area contributed by atoms with E-state index in [1.165, 1.54) is 0 Å². The Labute approximate surface area is 111 Å². The van der Waals surface area contributed by atoms with Crippen molar-refractivity contribution >= 4 is 11.8 Å². The van der Waals surface area contributed by atoms with E-state index in [-0.39, 0.29) is 11.2 Å². The van der Waals surface area contributed by atoms with E-state index >= 15 is 0 Å². The largest absolute Gasteiger partial charge is 0.417 e. The summed E-state index contributed by atoms with van der Waals surface area (Å²) in [5, 5.41) is 10.2. The van der Waals surface area contributed by atoms with Crippen LogP contribution >= 0.6 is 11.8 Å². The highest BCUT2D eigenvalue weighted by Crippen LogP contribution is 2.63. The summed E-state index contributed by atoms with van der Waals surface area (Å²) in [6.07, 6.45) is -3.00. The molecule has 106 valence electrons. The van der Waals surface area contributed by atoms with E-state index in [2.05, 4.69) is 0 Å². The van der Waals surface area contributed by atoms with Crippen LogP contribution in [0.2, 0.25) is 0 Å². The molecule has 0 aromatic heterocycles. The summed E-state index contributed by atoms with van der Waals surface area (Å²) in [7, 11) is 0. The molecule has 0 radical (unpaired) electrons. The van der Waals surface area contributed by atoms with E-state index in [0.29, 0.717) is 19.3 Å². The number of thioether (sulfide) groups is 1. The van der Waals surface area contributed by atoms with Crippen molar-refractivity contribution in [3.05, 3.63) is 0 Å². The summed E-state index contributed by atoms with van der Waals surface area (Å²) in [5.74, 6) is 0.311. The van der Waals surface area contributed by atoms with Gasteiger partial charge in [0, 0.05) is 10.5 Å². The summed E-state index contributed by atoms with van der Waals surface area (Å²) >= 11 is 1.71. The number of hydrogen-bond acceptors (Lipinski definition) is 2. The van der Waals surface area contributed by atoms with Gasteiger partial charge >= 0.3 is 6.18 Å². The Morgan fingerprint density at radius 3 is 2.11 bits per heavy atom. The minimum absolute atomic E-state index is 0.101. The Morgan fingerprint density at radius 1 is 1.33 bits per heavy atom. The van der Waals surface area contributed by atoms with E-state index < -0.39 is 23.1 Å². The van der Waals surface area contributed by atoms with Gasteiger partial charge in [-0.3, -0.25) is 0 Å². The molecule has 2 rings (SSSR count). The maximum Gasteiger partial charge on any atom is 0.417 e. The lowest BCUT2D eigenvalue weighted by atomic mass is 9.68. The highest BCUT2D eigenvalue weighted by molar-refractivity contribution is 8.07. The molecule has 3 unspecified atom stereocenters. The Kier molecular flexibility index (Phi) is 3.26. The number of rotatable bonds is 5. The van der Waals surface area contributed by atoms with Crippen LogP contribution in [0.5, 0.6) is 0 Å². The third-order valence-corrected chi connectivity index (χ3v) is 6.69. The quantitative estimate of drug-likeness (QED) is 0.769. The smallest absolute Gasteiger partial charge is 0.380 e. The van der Waals surface area contributed by atoms with Gasteiger partial charge in [-0.05, 0) is 43.9 Å². The Morgan fingerprint density at radius 2 is 1.83 bits per heavy atom. The third kappa shape index (κ3) is 2.17. The van der Waals surface area contributed by atoms with Crippen molar-refractivity contribution in [3.63, 3.8) is 0 Å². The molecule has 18 heavy (non-hydrogen) atoms. The first-order valence-corrected chi connectivity index (χ1v) is 7.50. The minimum Gasteiger partial charge on any atom is -0.380 e. The molecule has 1 heterocycles. The maximum absolute atomic E-state index is 13.2. The van der Waals surface area contributed by atoms with Crippen LogP contribution in [0.3, 0.4) is 0 Å². The van der Waals surface area contributed by atoms with Crippen molar-refractivity contribution < 1.29 is 18.3 Å². The van der Waals surface area contributed by atoms with Gasteiger partial charge in [0.2, 0.25) is 0 Å². The van der Waals surface area contributed by atoms with Gasteiger partial charge in [0.05, 0.1) is 0 Å². The van der Waals surface area contributed by atoms with Crippen LogP contribution in [0.15, 0.2) is 0 Å². The first-order valence-electron chi connectivity index (χ1n) is 6.51. The van der Waals surface area contributed by atoms with Gasteiger partial charge in [-0.1, -0.05) is 13.8 Å². The summed E-state index contributed by atoms with van der Waals surface area (Å²) in [5.41, 5.74) is -2.94. The second-order valence-electron chi connectivity index (χ2n) is 6.31. The molecule has 0 spiro atoms. The number of hydrogen-bond donors (Lipinski definition) is 1. The second kappa shape index (κ2) is 4.05. The minimum atomic E-state index is -4.51. The first-order chi connectivity index (χ1) is 8.08. The van der Waals surface area contributed by atoms with Crippen LogP contribution in [-0.2, 0) is 0 Å². The Balaban J connectivity index is 2.23. The van der Waals surface area contributed by atoms with Crippen LogP contribution in [0, 0.1) is 11.3 Å². The van der Waals surface area contributed by atoms with Crippen LogP contribution in [0.25, 0.3) is 0 Å². The van der Waals surface area contributed by atoms with Gasteiger partial charge in [-0.25, -0.2) is 0 Å². The van der Waals surface area contributed by atoms with Crippen LogP contribution in [-0.4, -0.2) is 27.4 Å². The van der Waals surface area contributed by atoms with E-state index in [1.54, 1.807) is 11.8 Å². The van der Waals surface area contributed by atoms with E-state index in [9.17, 15) is 18.3 Å². The molecular weight excluding hydrogens is 261 g/mol. The zero-order valence-corrected chi connectivity index (χ0v) is 11.9. The van der Waals surface area contributed by atoms with Crippen molar-refractivity contribution in [1.29, 1.82) is 0 Å². The molecular formula is C13H21F3OS. The number of alkyl halides is 3. The monoisotopic (exact) mass is 282 g/mol. The average Bonchev–Trinajstić information content (AvgIpc) is 3.09. The zero-order valence-electron chi connectivity index (χ0n) is 11.1. The average molecular weight is 282 g/mol. The van der Waals surface area contributed by atoms with Crippen LogP contribution < -0.4 is 0 Å². The molecule has 0 aromatic rings. The highest BCUT2D eigenvalue weighted by Gasteiger charge is 2.66. The van der Waals surface area contributed by atoms with Gasteiger partial charge in [0.1, 0.15) is 0 Å². The van der Waals surface area contributed by atoms with Crippen molar-refractivity contribution in [2.75, 3.05) is 5.75 Å². The molecule has 1 saturated heterocycles. The van der Waals surface area contributed by atoms with Crippen molar-refractivity contribution in [3.8, 4) is 0 Å². The highest BCUT2D eigenvalue weighted by atomic mass is 32.2. The van der Waals surface area contributed by atoms with Crippen LogP contribution in [0.4, 0.5) is 13.2 Å². The predicted molar refractivity (Wildman–Crippen MR) is 67.6 cm³/mol. The molecule has 0 bridgehead atoms. The molecule has 2 aliphatic rings. The fraction of sp³-hybridized carbons (Fsp3) is 1.00. The normalized spacial score (nSPS) is 34.8. The number of aliphatic hydroxyl groups is 1. The molecule has 2 fully saturated rings. The van der Waals surface area contributed by atoms with Crippen molar-refractivity contribution in [1.82, 2.24) is 0 Å². The Hall–Kier alpha value is 0.100. The molecule has 5 heteroatoms. The van der Waals surface area contributed by atoms with Gasteiger partial charge in [0.25, 0.3) is 0 Å². The molecule has 1 saturated carbocycles. The lowest BCUT2D eigenvalue weighted by molar-refractivity contribution is -0.279. The van der Waals surface area contributed by atoms with Crippen molar-refractivity contribution in [2.24, 2.45) is 11.3 Å². The van der Waals surface area contributed by atoms with E-state index in [0.717, 1.165) is 5.75 Å². The third-order valence-electron chi connectivity index (χ3n) is 5.04. The standard InChI is InChI=1S/C13H21F3OS/c1-4-10(2,11(3)8-18-11)7-12(17,9-5-6-9)13(14,15)16/h9,17H,4-8H2,1-3H3. The molecule has 3 atom stereocenters. The fourth-order valence-electron chi connectivity index (χ4n) is 2.77. The van der Waals surface area contributed by atoms with Gasteiger partial charge in [0.15, 0.2) is 5.60 Å². The lowest BCUT2D eigenvalue weighted by Gasteiger charge is -2.42. The number of halogens is 3. The molecule has 0 amide bonds. The van der Waals surface area contributed by atoms with Crippen LogP contribution in [0.1, 0.15) is 46.5 Å². The van der Waals surface area contributed by atoms with Gasteiger partial charge in [-0.15, -0.1) is 0 Å². The van der Waals surface area contributed by atoms with Gasteiger partial charge in [-0.2, -0.15) is 24.9 Å². The predicted octanol–water partition coefficient (Wildman–Crippen LogP) is 4.00. The fourth-order valence-corrected chi connectivity index (χ4v) is 3.90. The van der Waals surface area contributed by atoms with E-state index in [1.807, 2.05) is 20.8 Å². The van der Waals surface area contributed by atoms with Crippen molar-refractivity contribution in [2.45, 2.75) is 63.0 Å². The molecule has 1 N–H and O–H groups in total. The summed E-state index contributed by atoms with van der Waals surface area (Å²) in [6.45, 7) is 5.84. The second-order valence-corrected chi connectivity index (χ2v) is 7.79. The molecule has 1 aliphatic carbocycles. The first kappa shape index (κ1) is 14.5. The SMILES string of the molecule is CCC(C)(CC(O)(C1CC1)C(F)(F)F)C1(C)CS1. The summed E-state index contributed by atoms with van der Waals surface area (Å²) in [6, 6.07) is 0. The molecule has 1 nitrogen and oxygen atoms in total. The van der Waals surface area contributed by atoms with E-state index in [4.69, 9.17) is 0 Å². The molecule has 0 aromatic carbocycles. The lowest BCUT2D eigenvalue weighted by Crippen LogP contribution is -2.52. The zero-order chi connectivity index (χ0) is 13.8. The summed E-state index contributed by atoms with van der Waals surface area (Å²) < 4.78 is 39.5. The summed E-state index contributed by atoms with van der Waals surface area (Å²) in [4.78, 5) is 0. The topological polar surface area (TPSA) is 20.2 Å². The maximum atomic E-state index is 13.2. The Bertz CT molecular complexity index is 336. The van der Waals surface area contributed by atoms with Gasteiger partial charge < -0.3 is 5.11 Å².